The second kappa shape index (κ2) is 40.7. The first-order chi connectivity index (χ1) is 53.4. The van der Waals surface area contributed by atoms with Gasteiger partial charge in [0.2, 0.25) is 93.1 Å². The smallest absolute Gasteiger partial charge is 0.327 e. The number of hydrogen-bond acceptors (Lipinski definition) is 25. The molecule has 0 spiro atoms. The predicted octanol–water partition coefficient (Wildman–Crippen LogP) is -2.43. The minimum absolute atomic E-state index is 0.00614. The molecule has 113 heavy (non-hydrogen) atoms. The number of aliphatic hydroxyl groups excluding tert-OH is 4. The summed E-state index contributed by atoms with van der Waals surface area (Å²) in [7, 11) is 2.76. The Kier molecular flexibility index (Phi) is 32.5. The maximum absolute atomic E-state index is 14.6. The number of aromatic nitrogens is 1. The van der Waals surface area contributed by atoms with Crippen LogP contribution in [0.15, 0.2) is 70.2 Å². The number of aliphatic hydroxyl groups is 4. The number of Topliss-reactive ketones (excluding diaryl/α,β-unsaturated/α-hetero) is 2. The second-order valence-corrected chi connectivity index (χ2v) is 32.1. The number of thioether (sulfide) groups is 1. The molecule has 0 radical (unpaired) electrons. The molecule has 9 rings (SSSR count). The molecule has 620 valence electrons. The number of rotatable bonds is 23. The van der Waals surface area contributed by atoms with Gasteiger partial charge in [-0.3, -0.25) is 62.3 Å². The number of aliphatic carboxylic acids is 1. The first kappa shape index (κ1) is 90.3. The highest BCUT2D eigenvalue weighted by atomic mass is 32.2. The van der Waals surface area contributed by atoms with Crippen LogP contribution in [-0.4, -0.2) is 261 Å². The number of primary amides is 1. The number of carbonyl (C=O) groups excluding carboxylic acids is 13. The quantitative estimate of drug-likeness (QED) is 0.0203. The van der Waals surface area contributed by atoms with Gasteiger partial charge in [-0.15, -0.1) is 11.8 Å². The van der Waals surface area contributed by atoms with Crippen molar-refractivity contribution < 1.29 is 117 Å². The number of carbonyl (C=O) groups is 14. The van der Waals surface area contributed by atoms with Crippen molar-refractivity contribution >= 4 is 116 Å². The summed E-state index contributed by atoms with van der Waals surface area (Å²) in [5, 5.41) is 88.3. The van der Waals surface area contributed by atoms with Crippen LogP contribution in [0.25, 0.3) is 10.9 Å². The number of phenolic OH excluding ortho intramolecular Hbond substituents is 2. The van der Waals surface area contributed by atoms with Crippen LogP contribution < -0.4 is 54.0 Å². The first-order valence-electron chi connectivity index (χ1n) is 37.1. The van der Waals surface area contributed by atoms with Crippen LogP contribution in [0, 0.1) is 11.8 Å². The molecule has 6 aliphatic rings. The van der Waals surface area contributed by atoms with E-state index in [0.29, 0.717) is 29.6 Å². The summed E-state index contributed by atoms with van der Waals surface area (Å²) in [5.41, 5.74) is 13.2. The molecule has 3 aromatic rings. The number of ether oxygens (including phenoxy) is 2. The molecule has 3 unspecified atom stereocenters. The Hall–Kier alpha value is -9.90. The molecule has 1 aromatic heterocycles. The summed E-state index contributed by atoms with van der Waals surface area (Å²) in [5.74, 6) is -14.4. The number of nitrogens with zero attached hydrogens (tertiary/aromatic N) is 2. The minimum Gasteiger partial charge on any atom is -0.610 e. The summed E-state index contributed by atoms with van der Waals surface area (Å²) >= 11 is -1.03. The number of allylic oxidation sites excluding steroid dienone is 2. The van der Waals surface area contributed by atoms with E-state index in [2.05, 4.69) is 47.5 Å². The number of ketones is 2. The number of benzene rings is 2. The largest absolute Gasteiger partial charge is 0.610 e. The monoisotopic (exact) mass is 1620 g/mol. The standard InChI is InChI=1S/C39H54N10O14S.C19H30O5.C16H19N3O5S/c1-4-16(2)31-36(60)42-11-29(55)43-25-15-64(63)38-21(20-6-5-18(51)7-22(20)46-38)9-23(33(57)41-12-30(56)47-31)44-37(61)32(17(3)27(53)14-50)48-35(59)26-8-19(52)13-49(26)39(62)24(10-28(40)54)45-34(25)58;1-14-15(12-10-8-6-4-5-7-9-11-13-20)17(22)19(24-3)18(23-2)16(14)21;1-16(2)11(15(23)24)19-13(22)10(14(19)25-16)18-12(21)9(17)7-3-5-8(20)6-4-7/h5-7,16-17,19,23-27,31-32,46,50-53H,4,8-15H2,1-3H3,(H2,40,54)(H,41,57)(H,42,60)(H,43,55)(H,44,61)(H,45,58)(H,47,56)(H,48,59);20H,4-13H2,1-3H3;3-6,9-11,14,20H,17H2,1-2H3,(H,18,21)(H,23,24)/t16?,17?,19?,23-,24-,25-,26-,27-,31-,32-,64+;;9-,10-,11+,14-/m0.1/s1. The zero-order chi connectivity index (χ0) is 83.6. The van der Waals surface area contributed by atoms with Crippen molar-refractivity contribution in [3.05, 3.63) is 76.3 Å². The van der Waals surface area contributed by atoms with Gasteiger partial charge in [0.25, 0.3) is 0 Å². The zero-order valence-electron chi connectivity index (χ0n) is 64.0. The average Bonchev–Trinajstić information content (AvgIpc) is 1.56. The second-order valence-electron chi connectivity index (χ2n) is 28.9. The third kappa shape index (κ3) is 22.5. The van der Waals surface area contributed by atoms with Crippen LogP contribution in [0.5, 0.6) is 11.5 Å². The Bertz CT molecular complexity index is 4120. The van der Waals surface area contributed by atoms with Crippen LogP contribution in [0.4, 0.5) is 0 Å². The van der Waals surface area contributed by atoms with E-state index in [-0.39, 0.29) is 62.7 Å². The van der Waals surface area contributed by atoms with Gasteiger partial charge in [-0.2, -0.15) is 0 Å². The molecule has 5 aliphatic heterocycles. The van der Waals surface area contributed by atoms with Crippen LogP contribution in [-0.2, 0) is 94.2 Å². The lowest BCUT2D eigenvalue weighted by molar-refractivity contribution is -0.161. The molecule has 1 aliphatic carbocycles. The Morgan fingerprint density at radius 3 is 1.96 bits per heavy atom. The minimum atomic E-state index is -2.38. The van der Waals surface area contributed by atoms with Crippen molar-refractivity contribution in [2.24, 2.45) is 23.3 Å². The summed E-state index contributed by atoms with van der Waals surface area (Å²) in [6.07, 6.45) is 4.75. The number of phenols is 2. The Morgan fingerprint density at radius 1 is 0.752 bits per heavy atom. The van der Waals surface area contributed by atoms with Crippen molar-refractivity contribution in [3.63, 3.8) is 0 Å². The van der Waals surface area contributed by atoms with Crippen molar-refractivity contribution in [3.8, 4) is 11.5 Å². The van der Waals surface area contributed by atoms with Gasteiger partial charge in [-0.25, -0.2) is 4.79 Å². The Balaban J connectivity index is 0.000000292. The fourth-order valence-corrected chi connectivity index (χ4v) is 16.9. The fourth-order valence-electron chi connectivity index (χ4n) is 13.9. The van der Waals surface area contributed by atoms with Gasteiger partial charge in [0, 0.05) is 76.0 Å². The molecule has 0 saturated carbocycles. The number of aromatic hydroxyl groups is 2. The van der Waals surface area contributed by atoms with Crippen molar-refractivity contribution in [2.45, 2.75) is 207 Å². The summed E-state index contributed by atoms with van der Waals surface area (Å²) in [4.78, 5) is 190. The maximum Gasteiger partial charge on any atom is 0.327 e. The SMILES string of the molecule is CC1(C)S[C@@H]2[C@H](NC(=O)[C@H](N)c3ccc(O)cc3)C(=O)N2[C@H]1C(=O)O.CCC(C)[C@@H]1NC(=O)CNC(=O)[C@@H]2Cc3c([nH]c4cc(O)ccc34)[S@+]([O-])C[C@H](NC(=O)CNC1=O)C(=O)N[C@@H](CC(N)=O)C(=O)N1CC(O)C[C@H]1C(=O)N[C@@H](C(C)[C@@H](O)CO)C(=O)N2.COC1=C(OC)C(=O)C(CCCCCCCCCCO)=C(C)C1=O. The number of nitrogens with two attached hydrogens (primary N) is 2. The molecule has 11 amide bonds. The van der Waals surface area contributed by atoms with Gasteiger partial charge in [-0.05, 0) is 75.8 Å². The summed E-state index contributed by atoms with van der Waals surface area (Å²) in [6, 6.07) is -2.79. The van der Waals surface area contributed by atoms with Gasteiger partial charge in [-0.1, -0.05) is 77.8 Å². The van der Waals surface area contributed by atoms with Crippen molar-refractivity contribution in [1.29, 1.82) is 0 Å². The highest BCUT2D eigenvalue weighted by Gasteiger charge is 2.64. The molecule has 15 atom stereocenters. The lowest BCUT2D eigenvalue weighted by Crippen LogP contribution is -2.71. The van der Waals surface area contributed by atoms with E-state index in [0.717, 1.165) is 37.0 Å². The zero-order valence-corrected chi connectivity index (χ0v) is 65.6. The maximum atomic E-state index is 14.6. The number of unbranched alkanes of at least 4 members (excludes halogenated alkanes) is 7. The number of aromatic amines is 1. The normalized spacial score (nSPS) is 25.6. The van der Waals surface area contributed by atoms with Crippen LogP contribution in [0.1, 0.15) is 136 Å². The molecule has 2 aromatic carbocycles. The lowest BCUT2D eigenvalue weighted by atomic mass is 9.89. The van der Waals surface area contributed by atoms with Crippen LogP contribution >= 0.6 is 11.8 Å². The van der Waals surface area contributed by atoms with Crippen molar-refractivity contribution in [1.82, 2.24) is 57.3 Å². The lowest BCUT2D eigenvalue weighted by Gasteiger charge is -2.43. The van der Waals surface area contributed by atoms with E-state index >= 15 is 0 Å². The summed E-state index contributed by atoms with van der Waals surface area (Å²) in [6.45, 7) is 7.25. The van der Waals surface area contributed by atoms with E-state index in [1.54, 1.807) is 34.6 Å². The predicted molar refractivity (Wildman–Crippen MR) is 405 cm³/mol. The van der Waals surface area contributed by atoms with E-state index in [1.165, 1.54) is 99.5 Å². The molecular formula is C74H103N13O24S2. The highest BCUT2D eigenvalue weighted by molar-refractivity contribution is 8.01. The Morgan fingerprint density at radius 2 is 1.35 bits per heavy atom. The molecule has 3 saturated heterocycles. The van der Waals surface area contributed by atoms with Crippen LogP contribution in [0.2, 0.25) is 0 Å². The van der Waals surface area contributed by atoms with E-state index in [1.807, 2.05) is 0 Å². The van der Waals surface area contributed by atoms with Gasteiger partial charge < -0.3 is 119 Å². The third-order valence-electron chi connectivity index (χ3n) is 20.5. The van der Waals surface area contributed by atoms with Gasteiger partial charge in [0.05, 0.1) is 58.1 Å². The molecule has 2 bridgehead atoms. The molecular weight excluding hydrogens is 1520 g/mol. The highest BCUT2D eigenvalue weighted by Crippen LogP contribution is 2.51. The number of methoxy groups -OCH3 is 2. The number of β-lactam (4-membered cyclic amide) rings is 1. The van der Waals surface area contributed by atoms with Crippen LogP contribution in [0.3, 0.4) is 0 Å². The number of carboxylic acid groups (broad SMARTS) is 1. The van der Waals surface area contributed by atoms with E-state index < -0.39 is 222 Å². The topological polar surface area (TPSA) is 593 Å². The van der Waals surface area contributed by atoms with Gasteiger partial charge in [0.1, 0.15) is 71.0 Å². The number of H-pyrrole nitrogens is 1. The number of fused-ring (bicyclic) bond motifs is 6. The number of carboxylic acids is 1. The number of nitrogens with one attached hydrogen (secondary N) is 9. The fraction of sp³-hybridized carbons (Fsp3) is 0.568. The summed E-state index contributed by atoms with van der Waals surface area (Å²) < 4.78 is 24.0. The van der Waals surface area contributed by atoms with Gasteiger partial charge >= 0.3 is 5.97 Å². The number of hydrogen-bond donors (Lipinski definition) is 18. The number of amides is 11. The molecule has 37 nitrogen and oxygen atoms in total. The molecule has 20 N–H and O–H groups in total. The Labute approximate surface area is 658 Å². The average molecular weight is 1620 g/mol. The van der Waals surface area contributed by atoms with E-state index in [4.69, 9.17) is 26.0 Å². The molecule has 3 fully saturated rings. The van der Waals surface area contributed by atoms with E-state index in [9.17, 15) is 102 Å². The molecule has 6 heterocycles. The first-order valence-corrected chi connectivity index (χ1v) is 39.3. The van der Waals surface area contributed by atoms with Crippen molar-refractivity contribution in [2.75, 3.05) is 52.8 Å². The molecule has 39 heteroatoms. The van der Waals surface area contributed by atoms with Gasteiger partial charge in [0.15, 0.2) is 6.04 Å². The third-order valence-corrected chi connectivity index (χ3v) is 23.5.